The highest BCUT2D eigenvalue weighted by atomic mass is 16.5. The molecule has 2 aromatic heterocycles. The first-order valence-electron chi connectivity index (χ1n) is 10.2. The summed E-state index contributed by atoms with van der Waals surface area (Å²) in [5.41, 5.74) is 6.36. The molecular weight excluding hydrogens is 394 g/mol. The standard InChI is InChI=1S/C23H29N5O3/c1-16-9-17(7-8-24-16)12-25-19(14-29)11-23(27-28(2)3)31-15-18-10-21(18)22-6-5-20(30-4)13-26-22/h5-9,11,13-14,18,21,27H,10,12,15H2,1-4H3/t18-,21+/m1/s1. The van der Waals surface area contributed by atoms with Crippen LogP contribution in [0.15, 0.2) is 53.6 Å². The zero-order valence-corrected chi connectivity index (χ0v) is 18.4. The van der Waals surface area contributed by atoms with Crippen molar-refractivity contribution in [1.29, 1.82) is 0 Å². The maximum absolute atomic E-state index is 11.6. The molecule has 1 N–H and O–H groups in total. The Morgan fingerprint density at radius 1 is 1.32 bits per heavy atom. The SMILES string of the molecule is COc1ccc([C@H]2C[C@@H]2COC(=CC(C=O)=NCc2ccnc(C)c2)NN(C)C)nc1. The van der Waals surface area contributed by atoms with Gasteiger partial charge in [0.1, 0.15) is 11.5 Å². The van der Waals surface area contributed by atoms with Gasteiger partial charge >= 0.3 is 0 Å². The Morgan fingerprint density at radius 2 is 2.16 bits per heavy atom. The van der Waals surface area contributed by atoms with Gasteiger partial charge in [0, 0.05) is 49.6 Å². The fourth-order valence-electron chi connectivity index (χ4n) is 3.19. The lowest BCUT2D eigenvalue weighted by Crippen LogP contribution is -2.31. The molecule has 3 rings (SSSR count). The molecule has 2 atom stereocenters. The van der Waals surface area contributed by atoms with Crippen LogP contribution in [0.2, 0.25) is 0 Å². The molecule has 164 valence electrons. The molecule has 1 fully saturated rings. The Bertz CT molecular complexity index is 940. The molecule has 8 heteroatoms. The number of carbonyl (C=O) groups is 1. The number of allylic oxidation sites excluding steroid dienone is 1. The van der Waals surface area contributed by atoms with Crippen LogP contribution in [0.3, 0.4) is 0 Å². The lowest BCUT2D eigenvalue weighted by atomic mass is 10.2. The van der Waals surface area contributed by atoms with E-state index >= 15 is 0 Å². The van der Waals surface area contributed by atoms with Crippen LogP contribution in [0.5, 0.6) is 5.75 Å². The fraction of sp³-hybridized carbons (Fsp3) is 0.391. The molecule has 0 radical (unpaired) electrons. The van der Waals surface area contributed by atoms with Crippen molar-refractivity contribution in [3.05, 3.63) is 65.6 Å². The molecule has 0 amide bonds. The molecule has 0 unspecified atom stereocenters. The lowest BCUT2D eigenvalue weighted by Gasteiger charge is -2.17. The summed E-state index contributed by atoms with van der Waals surface area (Å²) in [4.78, 5) is 24.6. The summed E-state index contributed by atoms with van der Waals surface area (Å²) in [6.07, 6.45) is 6.86. The number of aryl methyl sites for hydroxylation is 1. The molecule has 1 aliphatic rings. The number of nitrogens with zero attached hydrogens (tertiary/aromatic N) is 4. The Kier molecular flexibility index (Phi) is 7.72. The molecule has 0 saturated heterocycles. The second-order valence-corrected chi connectivity index (χ2v) is 7.72. The van der Waals surface area contributed by atoms with Gasteiger partial charge in [0.25, 0.3) is 0 Å². The first kappa shape index (κ1) is 22.4. The Hall–Kier alpha value is -3.26. The number of hydrazine groups is 1. The topological polar surface area (TPSA) is 88.9 Å². The lowest BCUT2D eigenvalue weighted by molar-refractivity contribution is -0.102. The predicted molar refractivity (Wildman–Crippen MR) is 119 cm³/mol. The zero-order chi connectivity index (χ0) is 22.2. The molecule has 2 aromatic rings. The van der Waals surface area contributed by atoms with E-state index < -0.39 is 0 Å². The first-order chi connectivity index (χ1) is 15.0. The van der Waals surface area contributed by atoms with Crippen molar-refractivity contribution < 1.29 is 14.3 Å². The maximum atomic E-state index is 11.6. The summed E-state index contributed by atoms with van der Waals surface area (Å²) in [5, 5.41) is 1.76. The number of carbonyl (C=O) groups excluding carboxylic acids is 1. The highest BCUT2D eigenvalue weighted by Gasteiger charge is 2.40. The van der Waals surface area contributed by atoms with Crippen molar-refractivity contribution in [2.45, 2.75) is 25.8 Å². The number of aldehydes is 1. The van der Waals surface area contributed by atoms with Crippen LogP contribution in [-0.2, 0) is 16.1 Å². The van der Waals surface area contributed by atoms with Crippen LogP contribution < -0.4 is 10.2 Å². The second-order valence-electron chi connectivity index (χ2n) is 7.72. The molecule has 0 aliphatic heterocycles. The van der Waals surface area contributed by atoms with E-state index in [4.69, 9.17) is 9.47 Å². The van der Waals surface area contributed by atoms with Crippen molar-refractivity contribution in [3.63, 3.8) is 0 Å². The summed E-state index contributed by atoms with van der Waals surface area (Å²) < 4.78 is 11.1. The molecule has 1 saturated carbocycles. The van der Waals surface area contributed by atoms with Crippen molar-refractivity contribution in [1.82, 2.24) is 20.4 Å². The number of rotatable bonds is 11. The third-order valence-electron chi connectivity index (χ3n) is 4.89. The number of pyridine rings is 2. The quantitative estimate of drug-likeness (QED) is 0.257. The van der Waals surface area contributed by atoms with E-state index in [0.29, 0.717) is 36.6 Å². The Labute approximate surface area is 183 Å². The number of aliphatic imine (C=N–C) groups is 1. The fourth-order valence-corrected chi connectivity index (χ4v) is 3.19. The molecule has 31 heavy (non-hydrogen) atoms. The largest absolute Gasteiger partial charge is 0.495 e. The number of nitrogens with one attached hydrogen (secondary N) is 1. The Balaban J connectivity index is 1.61. The maximum Gasteiger partial charge on any atom is 0.203 e. The second kappa shape index (κ2) is 10.7. The summed E-state index contributed by atoms with van der Waals surface area (Å²) >= 11 is 0. The molecular formula is C23H29N5O3. The number of ether oxygens (including phenoxy) is 2. The zero-order valence-electron chi connectivity index (χ0n) is 18.4. The number of methoxy groups -OCH3 is 1. The van der Waals surface area contributed by atoms with E-state index in [1.54, 1.807) is 30.6 Å². The highest BCUT2D eigenvalue weighted by Crippen LogP contribution is 2.47. The number of hydrogen-bond acceptors (Lipinski definition) is 8. The first-order valence-corrected chi connectivity index (χ1v) is 10.2. The van der Waals surface area contributed by atoms with E-state index in [2.05, 4.69) is 20.4 Å². The average Bonchev–Trinajstić information content (AvgIpc) is 3.54. The van der Waals surface area contributed by atoms with E-state index in [-0.39, 0.29) is 0 Å². The van der Waals surface area contributed by atoms with Crippen LogP contribution in [-0.4, -0.2) is 54.8 Å². The minimum Gasteiger partial charge on any atom is -0.495 e. The normalized spacial score (nSPS) is 18.6. The number of aromatic nitrogens is 2. The molecule has 1 aliphatic carbocycles. The van der Waals surface area contributed by atoms with Gasteiger partial charge in [0.05, 0.1) is 26.5 Å². The van der Waals surface area contributed by atoms with Gasteiger partial charge in [-0.05, 0) is 43.2 Å². The van der Waals surface area contributed by atoms with E-state index in [0.717, 1.165) is 35.4 Å². The van der Waals surface area contributed by atoms with Gasteiger partial charge < -0.3 is 9.47 Å². The third kappa shape index (κ3) is 6.89. The summed E-state index contributed by atoms with van der Waals surface area (Å²) in [5.74, 6) is 1.99. The summed E-state index contributed by atoms with van der Waals surface area (Å²) in [6.45, 7) is 2.85. The minimum atomic E-state index is 0.308. The van der Waals surface area contributed by atoms with E-state index in [1.165, 1.54) is 0 Å². The van der Waals surface area contributed by atoms with E-state index in [9.17, 15) is 4.79 Å². The van der Waals surface area contributed by atoms with Crippen molar-refractivity contribution in [3.8, 4) is 5.75 Å². The van der Waals surface area contributed by atoms with Gasteiger partial charge in [-0.15, -0.1) is 0 Å². The van der Waals surface area contributed by atoms with E-state index in [1.807, 2.05) is 45.3 Å². The molecule has 0 aromatic carbocycles. The van der Waals surface area contributed by atoms with Crippen molar-refractivity contribution >= 4 is 12.0 Å². The van der Waals surface area contributed by atoms with Crippen molar-refractivity contribution in [2.75, 3.05) is 27.8 Å². The van der Waals surface area contributed by atoms with Crippen LogP contribution in [0.1, 0.15) is 29.3 Å². The smallest absolute Gasteiger partial charge is 0.203 e. The minimum absolute atomic E-state index is 0.308. The van der Waals surface area contributed by atoms with Gasteiger partial charge in [-0.2, -0.15) is 0 Å². The van der Waals surface area contributed by atoms with Crippen LogP contribution in [0.25, 0.3) is 0 Å². The predicted octanol–water partition coefficient (Wildman–Crippen LogP) is 2.66. The molecule has 0 bridgehead atoms. The van der Waals surface area contributed by atoms with Crippen molar-refractivity contribution in [2.24, 2.45) is 10.9 Å². The van der Waals surface area contributed by atoms with Gasteiger partial charge in [-0.1, -0.05) is 0 Å². The molecule has 0 spiro atoms. The third-order valence-corrected chi connectivity index (χ3v) is 4.89. The van der Waals surface area contributed by atoms with Gasteiger partial charge in [0.2, 0.25) is 5.88 Å². The average molecular weight is 424 g/mol. The van der Waals surface area contributed by atoms with Crippen LogP contribution in [0.4, 0.5) is 0 Å². The number of hydrogen-bond donors (Lipinski definition) is 1. The monoisotopic (exact) mass is 423 g/mol. The van der Waals surface area contributed by atoms with Gasteiger partial charge in [0.15, 0.2) is 6.29 Å². The molecule has 2 heterocycles. The summed E-state index contributed by atoms with van der Waals surface area (Å²) in [6, 6.07) is 7.76. The van der Waals surface area contributed by atoms with Gasteiger partial charge in [-0.3, -0.25) is 25.2 Å². The molecule has 8 nitrogen and oxygen atoms in total. The Morgan fingerprint density at radius 3 is 2.81 bits per heavy atom. The van der Waals surface area contributed by atoms with Gasteiger partial charge in [-0.25, -0.2) is 5.01 Å². The van der Waals surface area contributed by atoms with Crippen LogP contribution in [0, 0.1) is 12.8 Å². The summed E-state index contributed by atoms with van der Waals surface area (Å²) in [7, 11) is 5.34. The highest BCUT2D eigenvalue weighted by molar-refractivity contribution is 6.33. The van der Waals surface area contributed by atoms with Crippen LogP contribution >= 0.6 is 0 Å².